The van der Waals surface area contributed by atoms with E-state index in [2.05, 4.69) is 58.3 Å². The first-order valence-electron chi connectivity index (χ1n) is 14.6. The third kappa shape index (κ3) is 4.97. The summed E-state index contributed by atoms with van der Waals surface area (Å²) in [6, 6.07) is 27.4. The van der Waals surface area contributed by atoms with E-state index in [1.54, 1.807) is 0 Å². The topological polar surface area (TPSA) is 43.8 Å². The first-order chi connectivity index (χ1) is 18.9. The van der Waals surface area contributed by atoms with Crippen molar-refractivity contribution in [2.24, 2.45) is 0 Å². The Morgan fingerprint density at radius 2 is 1.31 bits per heavy atom. The van der Waals surface area contributed by atoms with Gasteiger partial charge in [-0.15, -0.1) is 0 Å². The molecule has 0 saturated carbocycles. The summed E-state index contributed by atoms with van der Waals surface area (Å²) in [5.74, 6) is 0.447. The van der Waals surface area contributed by atoms with Gasteiger partial charge in [0.05, 0.1) is 5.60 Å². The van der Waals surface area contributed by atoms with Crippen LogP contribution in [-0.4, -0.2) is 44.9 Å². The number of hydrogen-bond donors (Lipinski definition) is 1. The highest BCUT2D eigenvalue weighted by Crippen LogP contribution is 2.46. The minimum absolute atomic E-state index is 0.404. The fraction of sp³-hybridized carbons (Fsp3) is 0.441. The molecule has 4 nitrogen and oxygen atoms in total. The molecule has 3 aromatic rings. The van der Waals surface area contributed by atoms with Crippen molar-refractivity contribution < 1.29 is 9.90 Å². The van der Waals surface area contributed by atoms with Crippen LogP contribution in [0.1, 0.15) is 68.1 Å². The van der Waals surface area contributed by atoms with Crippen LogP contribution in [0, 0.1) is 0 Å². The number of piperidine rings is 2. The number of benzene rings is 3. The molecule has 0 aliphatic carbocycles. The predicted molar refractivity (Wildman–Crippen MR) is 155 cm³/mol. The molecule has 4 aliphatic heterocycles. The average molecular weight is 541 g/mol. The lowest BCUT2D eigenvalue weighted by atomic mass is 9.80. The van der Waals surface area contributed by atoms with Crippen molar-refractivity contribution in [3.8, 4) is 11.1 Å². The van der Waals surface area contributed by atoms with Crippen molar-refractivity contribution in [2.45, 2.75) is 94.2 Å². The number of Topliss-reactive ketones (excluding diaryl/α,β-unsaturated/α-hetero) is 1. The van der Waals surface area contributed by atoms with Gasteiger partial charge >= 0.3 is 0 Å². The van der Waals surface area contributed by atoms with Gasteiger partial charge in [0.2, 0.25) is 0 Å². The molecule has 39 heavy (non-hydrogen) atoms. The van der Waals surface area contributed by atoms with Crippen molar-refractivity contribution in [2.75, 3.05) is 0 Å². The number of fused-ring (bicyclic) bond motifs is 4. The second kappa shape index (κ2) is 10.2. The number of halogens is 1. The van der Waals surface area contributed by atoms with E-state index in [1.165, 1.54) is 22.3 Å². The van der Waals surface area contributed by atoms with Crippen LogP contribution in [0.15, 0.2) is 72.8 Å². The Hall–Kier alpha value is -2.50. The summed E-state index contributed by atoms with van der Waals surface area (Å²) in [4.78, 5) is 17.2. The largest absolute Gasteiger partial charge is 0.385 e. The van der Waals surface area contributed by atoms with Crippen LogP contribution in [0.5, 0.6) is 0 Å². The van der Waals surface area contributed by atoms with Crippen LogP contribution in [0.3, 0.4) is 0 Å². The van der Waals surface area contributed by atoms with Gasteiger partial charge in [0.25, 0.3) is 0 Å². The second-order valence-corrected chi connectivity index (χ2v) is 12.8. The zero-order chi connectivity index (χ0) is 26.6. The lowest BCUT2D eigenvalue weighted by molar-refractivity contribution is -0.123. The molecule has 4 aliphatic rings. The van der Waals surface area contributed by atoms with Crippen molar-refractivity contribution in [3.63, 3.8) is 0 Å². The van der Waals surface area contributed by atoms with Crippen molar-refractivity contribution >= 4 is 17.4 Å². The molecule has 4 unspecified atom stereocenters. The van der Waals surface area contributed by atoms with Crippen LogP contribution in [0.4, 0.5) is 0 Å². The fourth-order valence-electron chi connectivity index (χ4n) is 7.96. The molecular weight excluding hydrogens is 504 g/mol. The number of nitrogens with zero attached hydrogens (tertiary/aromatic N) is 2. The maximum atomic E-state index is 12.0. The Morgan fingerprint density at radius 1 is 0.718 bits per heavy atom. The van der Waals surface area contributed by atoms with E-state index < -0.39 is 5.60 Å². The highest BCUT2D eigenvalue weighted by atomic mass is 35.5. The molecule has 0 amide bonds. The molecule has 0 radical (unpaired) electrons. The Bertz CT molecular complexity index is 1320. The summed E-state index contributed by atoms with van der Waals surface area (Å²) in [7, 11) is 0. The molecule has 0 spiro atoms. The van der Waals surface area contributed by atoms with Gasteiger partial charge in [0, 0.05) is 55.1 Å². The minimum atomic E-state index is -0.759. The summed E-state index contributed by atoms with van der Waals surface area (Å²) in [6.45, 7) is 1.87. The summed E-state index contributed by atoms with van der Waals surface area (Å²) < 4.78 is 0. The Labute approximate surface area is 236 Å². The standard InChI is InChI=1S/C34H37ClN2O2/c35-28-10-8-27(9-11-28)34(39)19-31-14-15-32(20-34)37(31)21-23-4-6-25(7-5-23)26-3-1-2-24(16-26)22-36-29-12-13-30(36)18-33(38)17-29/h1-11,16,29-32,39H,12-15,17-22H2. The van der Waals surface area contributed by atoms with Crippen LogP contribution in [0.2, 0.25) is 5.02 Å². The number of carbonyl (C=O) groups excluding carboxylic acids is 1. The van der Waals surface area contributed by atoms with E-state index in [9.17, 15) is 9.90 Å². The molecule has 4 atom stereocenters. The maximum Gasteiger partial charge on any atom is 0.136 e. The fourth-order valence-corrected chi connectivity index (χ4v) is 8.09. The van der Waals surface area contributed by atoms with Gasteiger partial charge in [-0.05, 0) is 84.5 Å². The Balaban J connectivity index is 1.02. The van der Waals surface area contributed by atoms with E-state index in [0.29, 0.717) is 35.0 Å². The second-order valence-electron chi connectivity index (χ2n) is 12.4. The molecule has 202 valence electrons. The number of rotatable bonds is 6. The summed E-state index contributed by atoms with van der Waals surface area (Å²) in [6.07, 6.45) is 7.66. The molecule has 4 heterocycles. The van der Waals surface area contributed by atoms with Crippen molar-refractivity contribution in [1.29, 1.82) is 0 Å². The van der Waals surface area contributed by atoms with Gasteiger partial charge in [-0.1, -0.05) is 66.2 Å². The Kier molecular flexibility index (Phi) is 6.63. The van der Waals surface area contributed by atoms with Crippen LogP contribution >= 0.6 is 11.6 Å². The van der Waals surface area contributed by atoms with E-state index in [4.69, 9.17) is 11.6 Å². The lowest BCUT2D eigenvalue weighted by Gasteiger charge is -2.44. The molecular formula is C34H37ClN2O2. The molecule has 5 heteroatoms. The van der Waals surface area contributed by atoms with Crippen molar-refractivity contribution in [3.05, 3.63) is 94.5 Å². The molecule has 1 N–H and O–H groups in total. The third-order valence-corrected chi connectivity index (χ3v) is 10.2. The summed E-state index contributed by atoms with van der Waals surface area (Å²) in [5.41, 5.74) is 5.41. The number of aliphatic hydroxyl groups is 1. The lowest BCUT2D eigenvalue weighted by Crippen LogP contribution is -2.49. The normalized spacial score (nSPS) is 30.7. The number of ketones is 1. The highest BCUT2D eigenvalue weighted by Gasteiger charge is 2.48. The quantitative estimate of drug-likeness (QED) is 0.377. The predicted octanol–water partition coefficient (Wildman–Crippen LogP) is 6.72. The van der Waals surface area contributed by atoms with E-state index in [0.717, 1.165) is 70.0 Å². The van der Waals surface area contributed by atoms with Gasteiger partial charge in [0.1, 0.15) is 5.78 Å². The third-order valence-electron chi connectivity index (χ3n) is 9.94. The zero-order valence-electron chi connectivity index (χ0n) is 22.4. The molecule has 4 fully saturated rings. The zero-order valence-corrected chi connectivity index (χ0v) is 23.2. The van der Waals surface area contributed by atoms with E-state index in [-0.39, 0.29) is 0 Å². The average Bonchev–Trinajstić information content (AvgIpc) is 3.31. The molecule has 4 saturated heterocycles. The van der Waals surface area contributed by atoms with E-state index >= 15 is 0 Å². The highest BCUT2D eigenvalue weighted by molar-refractivity contribution is 6.30. The maximum absolute atomic E-state index is 12.0. The van der Waals surface area contributed by atoms with Crippen molar-refractivity contribution in [1.82, 2.24) is 9.80 Å². The molecule has 3 aromatic carbocycles. The first kappa shape index (κ1) is 25.5. The van der Waals surface area contributed by atoms with Gasteiger partial charge in [-0.3, -0.25) is 14.6 Å². The first-order valence-corrected chi connectivity index (χ1v) is 15.0. The number of carbonyl (C=O) groups is 1. The number of hydrogen-bond acceptors (Lipinski definition) is 4. The van der Waals surface area contributed by atoms with Crippen LogP contribution < -0.4 is 0 Å². The van der Waals surface area contributed by atoms with Gasteiger partial charge in [-0.25, -0.2) is 0 Å². The van der Waals surface area contributed by atoms with E-state index in [1.807, 2.05) is 24.3 Å². The van der Waals surface area contributed by atoms with Crippen LogP contribution in [-0.2, 0) is 23.5 Å². The van der Waals surface area contributed by atoms with Gasteiger partial charge in [-0.2, -0.15) is 0 Å². The van der Waals surface area contributed by atoms with Crippen LogP contribution in [0.25, 0.3) is 11.1 Å². The minimum Gasteiger partial charge on any atom is -0.385 e. The summed E-state index contributed by atoms with van der Waals surface area (Å²) >= 11 is 6.09. The SMILES string of the molecule is O=C1CC2CCC(C1)N2Cc1cccc(-c2ccc(CN3C4CCC3CC(O)(c3ccc(Cl)cc3)C4)cc2)c1. The molecule has 7 rings (SSSR count). The monoisotopic (exact) mass is 540 g/mol. The molecule has 4 bridgehead atoms. The van der Waals surface area contributed by atoms with Gasteiger partial charge < -0.3 is 5.11 Å². The summed E-state index contributed by atoms with van der Waals surface area (Å²) in [5, 5.41) is 12.3. The smallest absolute Gasteiger partial charge is 0.136 e. The Morgan fingerprint density at radius 3 is 1.97 bits per heavy atom. The molecule has 0 aromatic heterocycles. The van der Waals surface area contributed by atoms with Gasteiger partial charge in [0.15, 0.2) is 0 Å².